The van der Waals surface area contributed by atoms with Crippen LogP contribution in [0, 0.1) is 0 Å². The summed E-state index contributed by atoms with van der Waals surface area (Å²) in [5.41, 5.74) is 5.55. The number of β-amino-alcohol motifs (C(OH)–C–C–N with tert-alkyl or cyclic N) is 1. The summed E-state index contributed by atoms with van der Waals surface area (Å²) >= 11 is 0. The topological polar surface area (TPSA) is 23.5 Å². The molecule has 0 radical (unpaired) electrons. The molecule has 0 amide bonds. The SMILES string of the molecule is CC(O)CN1Cc2ccccc2Cc2ccccc2C1. The molecule has 2 aromatic carbocycles. The van der Waals surface area contributed by atoms with E-state index in [0.717, 1.165) is 19.5 Å². The van der Waals surface area contributed by atoms with Crippen LogP contribution in [0.15, 0.2) is 48.5 Å². The van der Waals surface area contributed by atoms with Crippen molar-refractivity contribution in [3.05, 3.63) is 70.8 Å². The van der Waals surface area contributed by atoms with Gasteiger partial charge in [0.1, 0.15) is 0 Å². The third-order valence-corrected chi connectivity index (χ3v) is 3.93. The number of nitrogens with zero attached hydrogens (tertiary/aromatic N) is 1. The fourth-order valence-corrected chi connectivity index (χ4v) is 3.01. The van der Waals surface area contributed by atoms with E-state index in [1.165, 1.54) is 22.3 Å². The van der Waals surface area contributed by atoms with E-state index in [1.807, 2.05) is 6.92 Å². The predicted octanol–water partition coefficient (Wildman–Crippen LogP) is 2.97. The highest BCUT2D eigenvalue weighted by atomic mass is 16.3. The zero-order valence-electron chi connectivity index (χ0n) is 11.9. The van der Waals surface area contributed by atoms with Crippen LogP contribution in [0.4, 0.5) is 0 Å². The van der Waals surface area contributed by atoms with Crippen molar-refractivity contribution in [3.63, 3.8) is 0 Å². The predicted molar refractivity (Wildman–Crippen MR) is 81.5 cm³/mol. The van der Waals surface area contributed by atoms with Crippen LogP contribution in [0.5, 0.6) is 0 Å². The van der Waals surface area contributed by atoms with Crippen molar-refractivity contribution in [2.45, 2.75) is 32.5 Å². The summed E-state index contributed by atoms with van der Waals surface area (Å²) in [6.45, 7) is 4.39. The van der Waals surface area contributed by atoms with E-state index in [0.29, 0.717) is 6.54 Å². The molecular formula is C18H21NO. The second-order valence-electron chi connectivity index (χ2n) is 5.73. The van der Waals surface area contributed by atoms with E-state index in [1.54, 1.807) is 0 Å². The summed E-state index contributed by atoms with van der Waals surface area (Å²) in [7, 11) is 0. The smallest absolute Gasteiger partial charge is 0.0639 e. The Kier molecular flexibility index (Phi) is 3.86. The molecule has 0 spiro atoms. The minimum Gasteiger partial charge on any atom is -0.392 e. The summed E-state index contributed by atoms with van der Waals surface area (Å²) in [5.74, 6) is 0. The average molecular weight is 267 g/mol. The van der Waals surface area contributed by atoms with Crippen LogP contribution < -0.4 is 0 Å². The molecule has 1 atom stereocenters. The van der Waals surface area contributed by atoms with Crippen LogP contribution in [0.1, 0.15) is 29.2 Å². The van der Waals surface area contributed by atoms with Crippen molar-refractivity contribution in [2.24, 2.45) is 0 Å². The fraction of sp³-hybridized carbons (Fsp3) is 0.333. The van der Waals surface area contributed by atoms with Gasteiger partial charge in [0, 0.05) is 19.6 Å². The molecule has 0 saturated heterocycles. The third-order valence-electron chi connectivity index (χ3n) is 3.93. The molecule has 2 aromatic rings. The van der Waals surface area contributed by atoms with Crippen LogP contribution >= 0.6 is 0 Å². The maximum atomic E-state index is 9.72. The first-order valence-electron chi connectivity index (χ1n) is 7.26. The summed E-state index contributed by atoms with van der Waals surface area (Å²) < 4.78 is 0. The first kappa shape index (κ1) is 13.3. The summed E-state index contributed by atoms with van der Waals surface area (Å²) in [5, 5.41) is 9.72. The lowest BCUT2D eigenvalue weighted by Gasteiger charge is -2.28. The Balaban J connectivity index is 2.00. The molecule has 0 aliphatic carbocycles. The fourth-order valence-electron chi connectivity index (χ4n) is 3.01. The van der Waals surface area contributed by atoms with Crippen molar-refractivity contribution in [1.29, 1.82) is 0 Å². The number of hydrogen-bond acceptors (Lipinski definition) is 2. The van der Waals surface area contributed by atoms with Gasteiger partial charge in [0.05, 0.1) is 6.10 Å². The quantitative estimate of drug-likeness (QED) is 0.904. The van der Waals surface area contributed by atoms with Gasteiger partial charge in [0.2, 0.25) is 0 Å². The van der Waals surface area contributed by atoms with E-state index >= 15 is 0 Å². The molecule has 0 saturated carbocycles. The Labute approximate surface area is 120 Å². The van der Waals surface area contributed by atoms with Gasteiger partial charge in [-0.15, -0.1) is 0 Å². The van der Waals surface area contributed by atoms with Crippen molar-refractivity contribution < 1.29 is 5.11 Å². The second-order valence-corrected chi connectivity index (χ2v) is 5.73. The Bertz CT molecular complexity index is 544. The molecule has 0 bridgehead atoms. The molecule has 1 unspecified atom stereocenters. The molecule has 104 valence electrons. The summed E-state index contributed by atoms with van der Waals surface area (Å²) in [6, 6.07) is 17.3. The largest absolute Gasteiger partial charge is 0.392 e. The van der Waals surface area contributed by atoms with Crippen molar-refractivity contribution in [3.8, 4) is 0 Å². The van der Waals surface area contributed by atoms with Crippen LogP contribution in [-0.2, 0) is 19.5 Å². The Morgan fingerprint density at radius 3 is 1.80 bits per heavy atom. The van der Waals surface area contributed by atoms with Crippen LogP contribution in [0.2, 0.25) is 0 Å². The number of rotatable bonds is 2. The molecule has 0 aromatic heterocycles. The van der Waals surface area contributed by atoms with Crippen LogP contribution in [0.3, 0.4) is 0 Å². The van der Waals surface area contributed by atoms with Crippen LogP contribution in [0.25, 0.3) is 0 Å². The molecule has 2 heteroatoms. The van der Waals surface area contributed by atoms with E-state index in [9.17, 15) is 5.11 Å². The zero-order chi connectivity index (χ0) is 13.9. The lowest BCUT2D eigenvalue weighted by Crippen LogP contribution is -2.31. The monoisotopic (exact) mass is 267 g/mol. The summed E-state index contributed by atoms with van der Waals surface area (Å²) in [6.07, 6.45) is 0.711. The number of fused-ring (bicyclic) bond motifs is 2. The number of hydrogen-bond donors (Lipinski definition) is 1. The van der Waals surface area contributed by atoms with Gasteiger partial charge in [0.15, 0.2) is 0 Å². The maximum Gasteiger partial charge on any atom is 0.0639 e. The Hall–Kier alpha value is -1.64. The molecule has 1 aliphatic rings. The standard InChI is InChI=1S/C18H21NO/c1-14(20)11-19-12-17-8-4-2-6-15(17)10-16-7-3-5-9-18(16)13-19/h2-9,14,20H,10-13H2,1H3. The van der Waals surface area contributed by atoms with Gasteiger partial charge in [-0.3, -0.25) is 4.90 Å². The second kappa shape index (κ2) is 5.78. The Morgan fingerprint density at radius 1 is 0.900 bits per heavy atom. The number of aliphatic hydroxyl groups is 1. The highest BCUT2D eigenvalue weighted by molar-refractivity contribution is 5.38. The number of aliphatic hydroxyl groups excluding tert-OH is 1. The third kappa shape index (κ3) is 2.92. The molecule has 20 heavy (non-hydrogen) atoms. The molecule has 1 N–H and O–H groups in total. The van der Waals surface area contributed by atoms with Gasteiger partial charge < -0.3 is 5.11 Å². The first-order chi connectivity index (χ1) is 9.72. The van der Waals surface area contributed by atoms with E-state index in [4.69, 9.17) is 0 Å². The normalized spacial score (nSPS) is 16.7. The van der Waals surface area contributed by atoms with Gasteiger partial charge in [-0.05, 0) is 35.6 Å². The van der Waals surface area contributed by atoms with Crippen molar-refractivity contribution >= 4 is 0 Å². The molecule has 1 heterocycles. The highest BCUT2D eigenvalue weighted by Crippen LogP contribution is 2.24. The van der Waals surface area contributed by atoms with Gasteiger partial charge in [-0.25, -0.2) is 0 Å². The van der Waals surface area contributed by atoms with Crippen LogP contribution in [-0.4, -0.2) is 22.7 Å². The highest BCUT2D eigenvalue weighted by Gasteiger charge is 2.17. The average Bonchev–Trinajstić information content (AvgIpc) is 2.40. The van der Waals surface area contributed by atoms with Crippen molar-refractivity contribution in [2.75, 3.05) is 6.54 Å². The molecule has 3 rings (SSSR count). The number of benzene rings is 2. The Morgan fingerprint density at radius 2 is 1.35 bits per heavy atom. The lowest BCUT2D eigenvalue weighted by molar-refractivity contribution is 0.117. The molecular weight excluding hydrogens is 246 g/mol. The molecule has 0 fully saturated rings. The van der Waals surface area contributed by atoms with Gasteiger partial charge in [0.25, 0.3) is 0 Å². The zero-order valence-corrected chi connectivity index (χ0v) is 11.9. The molecule has 1 aliphatic heterocycles. The van der Waals surface area contributed by atoms with Gasteiger partial charge in [-0.1, -0.05) is 48.5 Å². The van der Waals surface area contributed by atoms with Gasteiger partial charge >= 0.3 is 0 Å². The minimum absolute atomic E-state index is 0.297. The minimum atomic E-state index is -0.297. The molecule has 2 nitrogen and oxygen atoms in total. The maximum absolute atomic E-state index is 9.72. The summed E-state index contributed by atoms with van der Waals surface area (Å²) in [4.78, 5) is 2.33. The van der Waals surface area contributed by atoms with Gasteiger partial charge in [-0.2, -0.15) is 0 Å². The lowest BCUT2D eigenvalue weighted by atomic mass is 9.93. The van der Waals surface area contributed by atoms with E-state index in [-0.39, 0.29) is 6.10 Å². The van der Waals surface area contributed by atoms with E-state index in [2.05, 4.69) is 53.4 Å². The van der Waals surface area contributed by atoms with Crippen molar-refractivity contribution in [1.82, 2.24) is 4.90 Å². The first-order valence-corrected chi connectivity index (χ1v) is 7.26. The van der Waals surface area contributed by atoms with E-state index < -0.39 is 0 Å².